The van der Waals surface area contributed by atoms with Crippen molar-refractivity contribution in [3.05, 3.63) is 27.7 Å². The fourth-order valence-electron chi connectivity index (χ4n) is 1.33. The molecule has 0 radical (unpaired) electrons. The van der Waals surface area contributed by atoms with Crippen LogP contribution in [0.25, 0.3) is 0 Å². The second-order valence-corrected chi connectivity index (χ2v) is 3.60. The van der Waals surface area contributed by atoms with Crippen molar-refractivity contribution in [2.45, 2.75) is 13.2 Å². The highest BCUT2D eigenvalue weighted by Gasteiger charge is 2.13. The maximum absolute atomic E-state index is 5.29. The van der Waals surface area contributed by atoms with Gasteiger partial charge in [-0.25, -0.2) is 0 Å². The molecular formula is C9H9BrO2. The minimum atomic E-state index is 0.707. The molecule has 2 rings (SSSR count). The van der Waals surface area contributed by atoms with Crippen LogP contribution in [0.15, 0.2) is 16.6 Å². The summed E-state index contributed by atoms with van der Waals surface area (Å²) in [5, 5.41) is 0. The average Bonchev–Trinajstić information content (AvgIpc) is 2.49. The van der Waals surface area contributed by atoms with Gasteiger partial charge < -0.3 is 9.47 Å². The van der Waals surface area contributed by atoms with Gasteiger partial charge >= 0.3 is 0 Å². The van der Waals surface area contributed by atoms with Crippen LogP contribution in [0.3, 0.4) is 0 Å². The van der Waals surface area contributed by atoms with Gasteiger partial charge in [0.25, 0.3) is 0 Å². The summed E-state index contributed by atoms with van der Waals surface area (Å²) in [6, 6.07) is 4.08. The maximum Gasteiger partial charge on any atom is 0.133 e. The van der Waals surface area contributed by atoms with E-state index < -0.39 is 0 Å². The lowest BCUT2D eigenvalue weighted by molar-refractivity contribution is 0.134. The molecule has 0 amide bonds. The zero-order valence-corrected chi connectivity index (χ0v) is 8.35. The Morgan fingerprint density at radius 1 is 1.33 bits per heavy atom. The van der Waals surface area contributed by atoms with E-state index in [0.717, 1.165) is 16.8 Å². The molecule has 0 spiro atoms. The topological polar surface area (TPSA) is 18.5 Å². The molecule has 0 aromatic heterocycles. The van der Waals surface area contributed by atoms with Crippen molar-refractivity contribution in [1.82, 2.24) is 0 Å². The molecule has 64 valence electrons. The van der Waals surface area contributed by atoms with Crippen molar-refractivity contribution in [1.29, 1.82) is 0 Å². The van der Waals surface area contributed by atoms with Crippen LogP contribution in [0, 0.1) is 0 Å². The summed E-state index contributed by atoms with van der Waals surface area (Å²) in [6.07, 6.45) is 0. The molecule has 2 nitrogen and oxygen atoms in total. The van der Waals surface area contributed by atoms with Gasteiger partial charge in [0.1, 0.15) is 5.75 Å². The summed E-state index contributed by atoms with van der Waals surface area (Å²) in [5.41, 5.74) is 2.48. The van der Waals surface area contributed by atoms with E-state index in [0.29, 0.717) is 6.61 Å². The van der Waals surface area contributed by atoms with E-state index in [9.17, 15) is 0 Å². The van der Waals surface area contributed by atoms with Gasteiger partial charge in [0, 0.05) is 0 Å². The van der Waals surface area contributed by atoms with Crippen LogP contribution in [0.5, 0.6) is 5.75 Å². The normalized spacial score (nSPS) is 14.5. The highest BCUT2D eigenvalue weighted by Crippen LogP contribution is 2.31. The first-order valence-electron chi connectivity index (χ1n) is 3.74. The van der Waals surface area contributed by atoms with Crippen LogP contribution in [0.4, 0.5) is 0 Å². The number of benzene rings is 1. The lowest BCUT2D eigenvalue weighted by Crippen LogP contribution is -1.88. The minimum absolute atomic E-state index is 0.707. The quantitative estimate of drug-likeness (QED) is 0.736. The zero-order valence-electron chi connectivity index (χ0n) is 6.76. The summed E-state index contributed by atoms with van der Waals surface area (Å²) in [5.74, 6) is 0.874. The van der Waals surface area contributed by atoms with Gasteiger partial charge in [-0.1, -0.05) is 0 Å². The van der Waals surface area contributed by atoms with Crippen molar-refractivity contribution >= 4 is 15.9 Å². The molecule has 1 aromatic carbocycles. The molecule has 0 bridgehead atoms. The predicted molar refractivity (Wildman–Crippen MR) is 49.2 cm³/mol. The first-order chi connectivity index (χ1) is 5.81. The van der Waals surface area contributed by atoms with E-state index in [1.807, 2.05) is 6.07 Å². The molecule has 0 unspecified atom stereocenters. The van der Waals surface area contributed by atoms with Crippen molar-refractivity contribution in [2.24, 2.45) is 0 Å². The molecule has 0 atom stereocenters. The summed E-state index contributed by atoms with van der Waals surface area (Å²) < 4.78 is 11.5. The summed E-state index contributed by atoms with van der Waals surface area (Å²) in [4.78, 5) is 0. The van der Waals surface area contributed by atoms with Crippen LogP contribution in [0.2, 0.25) is 0 Å². The molecule has 1 aliphatic rings. The predicted octanol–water partition coefficient (Wildman–Crippen LogP) is 2.49. The van der Waals surface area contributed by atoms with Gasteiger partial charge in [-0.15, -0.1) is 0 Å². The molecule has 0 saturated carbocycles. The first kappa shape index (κ1) is 8.08. The van der Waals surface area contributed by atoms with E-state index in [2.05, 4.69) is 22.0 Å². The van der Waals surface area contributed by atoms with Gasteiger partial charge in [-0.3, -0.25) is 0 Å². The molecule has 3 heteroatoms. The van der Waals surface area contributed by atoms with Crippen molar-refractivity contribution in [3.8, 4) is 5.75 Å². The van der Waals surface area contributed by atoms with Crippen molar-refractivity contribution < 1.29 is 9.47 Å². The third kappa shape index (κ3) is 1.23. The number of hydrogen-bond acceptors (Lipinski definition) is 2. The highest BCUT2D eigenvalue weighted by molar-refractivity contribution is 9.10. The Morgan fingerprint density at radius 2 is 2.00 bits per heavy atom. The first-order valence-corrected chi connectivity index (χ1v) is 4.53. The number of rotatable bonds is 1. The zero-order chi connectivity index (χ0) is 8.55. The Hall–Kier alpha value is -0.540. The largest absolute Gasteiger partial charge is 0.496 e. The molecular weight excluding hydrogens is 220 g/mol. The lowest BCUT2D eigenvalue weighted by atomic mass is 10.1. The van der Waals surface area contributed by atoms with Crippen LogP contribution < -0.4 is 4.74 Å². The Morgan fingerprint density at radius 3 is 2.67 bits per heavy atom. The number of methoxy groups -OCH3 is 1. The van der Waals surface area contributed by atoms with Gasteiger partial charge in [-0.2, -0.15) is 0 Å². The second kappa shape index (κ2) is 3.07. The van der Waals surface area contributed by atoms with Crippen LogP contribution in [0.1, 0.15) is 11.1 Å². The van der Waals surface area contributed by atoms with E-state index in [1.54, 1.807) is 7.11 Å². The molecule has 0 N–H and O–H groups in total. The van der Waals surface area contributed by atoms with Gasteiger partial charge in [0.15, 0.2) is 0 Å². The molecule has 1 aromatic rings. The third-order valence-corrected chi connectivity index (χ3v) is 2.61. The Balaban J connectivity index is 2.49. The van der Waals surface area contributed by atoms with Crippen LogP contribution >= 0.6 is 15.9 Å². The maximum atomic E-state index is 5.29. The molecule has 1 heterocycles. The summed E-state index contributed by atoms with van der Waals surface area (Å²) in [6.45, 7) is 1.43. The van der Waals surface area contributed by atoms with Crippen LogP contribution in [-0.2, 0) is 18.0 Å². The van der Waals surface area contributed by atoms with E-state index in [1.165, 1.54) is 11.1 Å². The SMILES string of the molecule is COc1cc2c(cc1Br)COC2. The third-order valence-electron chi connectivity index (χ3n) is 1.99. The fraction of sp³-hybridized carbons (Fsp3) is 0.333. The highest BCUT2D eigenvalue weighted by atomic mass is 79.9. The summed E-state index contributed by atoms with van der Waals surface area (Å²) in [7, 11) is 1.67. The average molecular weight is 229 g/mol. The van der Waals surface area contributed by atoms with Gasteiger partial charge in [0.05, 0.1) is 24.8 Å². The van der Waals surface area contributed by atoms with E-state index in [4.69, 9.17) is 9.47 Å². The second-order valence-electron chi connectivity index (χ2n) is 2.75. The number of fused-ring (bicyclic) bond motifs is 1. The molecule has 0 fully saturated rings. The van der Waals surface area contributed by atoms with Crippen molar-refractivity contribution in [2.75, 3.05) is 7.11 Å². The molecule has 0 aliphatic carbocycles. The Kier molecular flexibility index (Phi) is 2.07. The monoisotopic (exact) mass is 228 g/mol. The number of ether oxygens (including phenoxy) is 2. The standard InChI is InChI=1S/C9H9BrO2/c1-11-9-3-7-5-12-4-6(7)2-8(9)10/h2-3H,4-5H2,1H3. The number of hydrogen-bond donors (Lipinski definition) is 0. The van der Waals surface area contributed by atoms with Gasteiger partial charge in [-0.05, 0) is 39.2 Å². The molecule has 12 heavy (non-hydrogen) atoms. The molecule has 1 aliphatic heterocycles. The fourth-order valence-corrected chi connectivity index (χ4v) is 1.89. The Labute approximate surface area is 79.6 Å². The van der Waals surface area contributed by atoms with E-state index in [-0.39, 0.29) is 0 Å². The lowest BCUT2D eigenvalue weighted by Gasteiger charge is -2.04. The van der Waals surface area contributed by atoms with E-state index >= 15 is 0 Å². The number of halogens is 1. The Bertz CT molecular complexity index is 309. The van der Waals surface area contributed by atoms with Gasteiger partial charge in [0.2, 0.25) is 0 Å². The van der Waals surface area contributed by atoms with Crippen LogP contribution in [-0.4, -0.2) is 7.11 Å². The summed E-state index contributed by atoms with van der Waals surface area (Å²) >= 11 is 3.43. The minimum Gasteiger partial charge on any atom is -0.496 e. The smallest absolute Gasteiger partial charge is 0.133 e. The van der Waals surface area contributed by atoms with Crippen molar-refractivity contribution in [3.63, 3.8) is 0 Å². The molecule has 0 saturated heterocycles.